The molecule has 4 rings (SSSR count). The zero-order valence-electron chi connectivity index (χ0n) is 15.6. The molecule has 1 atom stereocenters. The summed E-state index contributed by atoms with van der Waals surface area (Å²) in [6, 6.07) is 10.1. The minimum absolute atomic E-state index is 0.375. The van der Waals surface area contributed by atoms with Crippen LogP contribution in [0.2, 0.25) is 5.02 Å². The van der Waals surface area contributed by atoms with Gasteiger partial charge in [-0.1, -0.05) is 36.2 Å². The number of fused-ring (bicyclic) bond motifs is 1. The van der Waals surface area contributed by atoms with Gasteiger partial charge in [-0.15, -0.1) is 0 Å². The molecule has 6 nitrogen and oxygen atoms in total. The fourth-order valence-electron chi connectivity index (χ4n) is 3.61. The standard InChI is InChI=1S/C19H21BBrClN5O/c1-28-20-26-9-5-4-6-13(26)11-23-18-10-17(14-7-2-3-8-16(14)22)25-19-15(21)12-24-27(18)19/h2-3,7-8,10,12-13,23H,4-6,9,11H2,1H3. The van der Waals surface area contributed by atoms with Gasteiger partial charge in [-0.25, -0.2) is 4.98 Å². The maximum atomic E-state index is 6.41. The Labute approximate surface area is 178 Å². The Bertz CT molecular complexity index is 967. The van der Waals surface area contributed by atoms with Gasteiger partial charge in [0.15, 0.2) is 5.65 Å². The summed E-state index contributed by atoms with van der Waals surface area (Å²) in [5.74, 6) is 0.883. The van der Waals surface area contributed by atoms with Gasteiger partial charge in [-0.2, -0.15) is 9.61 Å². The highest BCUT2D eigenvalue weighted by Gasteiger charge is 2.23. The lowest BCUT2D eigenvalue weighted by Crippen LogP contribution is -2.46. The van der Waals surface area contributed by atoms with Crippen LogP contribution in [-0.2, 0) is 4.65 Å². The highest BCUT2D eigenvalue weighted by molar-refractivity contribution is 9.10. The molecule has 145 valence electrons. The van der Waals surface area contributed by atoms with Gasteiger partial charge >= 0.3 is 7.62 Å². The third-order valence-corrected chi connectivity index (χ3v) is 5.90. The molecule has 28 heavy (non-hydrogen) atoms. The number of nitrogens with zero attached hydrogens (tertiary/aromatic N) is 4. The number of hydrogen-bond donors (Lipinski definition) is 1. The van der Waals surface area contributed by atoms with Crippen molar-refractivity contribution >= 4 is 46.6 Å². The molecule has 3 heterocycles. The SMILES string of the molecule is CO[B]N1CCCCC1CNc1cc(-c2ccccc2Cl)nc2c(Br)cnn12. The first-order valence-electron chi connectivity index (χ1n) is 9.32. The van der Waals surface area contributed by atoms with Crippen LogP contribution in [-0.4, -0.2) is 53.3 Å². The molecule has 1 saturated heterocycles. The summed E-state index contributed by atoms with van der Waals surface area (Å²) in [5, 5.41) is 8.70. The second-order valence-electron chi connectivity index (χ2n) is 6.84. The average Bonchev–Trinajstić information content (AvgIpc) is 3.09. The zero-order chi connectivity index (χ0) is 19.5. The zero-order valence-corrected chi connectivity index (χ0v) is 17.9. The largest absolute Gasteiger partial charge is 0.427 e. The summed E-state index contributed by atoms with van der Waals surface area (Å²) < 4.78 is 7.91. The predicted molar refractivity (Wildman–Crippen MR) is 117 cm³/mol. The van der Waals surface area contributed by atoms with E-state index in [1.54, 1.807) is 13.3 Å². The van der Waals surface area contributed by atoms with Crippen LogP contribution in [0, 0.1) is 0 Å². The summed E-state index contributed by atoms with van der Waals surface area (Å²) >= 11 is 9.96. The second kappa shape index (κ2) is 8.82. The number of rotatable bonds is 6. The molecular weight excluding hydrogens is 440 g/mol. The molecule has 1 aliphatic heterocycles. The van der Waals surface area contributed by atoms with E-state index in [9.17, 15) is 0 Å². The highest BCUT2D eigenvalue weighted by atomic mass is 79.9. The van der Waals surface area contributed by atoms with Crippen LogP contribution in [0.15, 0.2) is 41.0 Å². The quantitative estimate of drug-likeness (QED) is 0.556. The Morgan fingerprint density at radius 1 is 1.36 bits per heavy atom. The third-order valence-electron chi connectivity index (χ3n) is 5.01. The lowest BCUT2D eigenvalue weighted by Gasteiger charge is -2.34. The molecule has 0 aliphatic carbocycles. The van der Waals surface area contributed by atoms with E-state index >= 15 is 0 Å². The van der Waals surface area contributed by atoms with Crippen molar-refractivity contribution in [3.63, 3.8) is 0 Å². The molecule has 0 bridgehead atoms. The normalized spacial score (nSPS) is 17.8. The molecular formula is C19H21BBrClN5O. The number of benzene rings is 1. The Morgan fingerprint density at radius 3 is 3.04 bits per heavy atom. The minimum Gasteiger partial charge on any atom is -0.427 e. The van der Waals surface area contributed by atoms with Crippen molar-refractivity contribution in [1.29, 1.82) is 0 Å². The molecule has 0 amide bonds. The van der Waals surface area contributed by atoms with Gasteiger partial charge < -0.3 is 14.8 Å². The first-order chi connectivity index (χ1) is 13.7. The lowest BCUT2D eigenvalue weighted by atomic mass is 9.96. The van der Waals surface area contributed by atoms with Crippen LogP contribution >= 0.6 is 27.5 Å². The van der Waals surface area contributed by atoms with E-state index in [0.29, 0.717) is 11.1 Å². The predicted octanol–water partition coefficient (Wildman–Crippen LogP) is 4.26. The van der Waals surface area contributed by atoms with Crippen molar-refractivity contribution in [2.75, 3.05) is 25.5 Å². The van der Waals surface area contributed by atoms with Crippen molar-refractivity contribution in [2.24, 2.45) is 0 Å². The maximum absolute atomic E-state index is 6.41. The van der Waals surface area contributed by atoms with E-state index in [-0.39, 0.29) is 0 Å². The van der Waals surface area contributed by atoms with Crippen LogP contribution in [0.1, 0.15) is 19.3 Å². The molecule has 1 N–H and O–H groups in total. The third kappa shape index (κ3) is 4.05. The summed E-state index contributed by atoms with van der Waals surface area (Å²) in [6.07, 6.45) is 5.31. The van der Waals surface area contributed by atoms with Crippen LogP contribution < -0.4 is 5.32 Å². The maximum Gasteiger partial charge on any atom is 0.398 e. The minimum atomic E-state index is 0.375. The number of aromatic nitrogens is 3. The molecule has 3 aromatic rings. The molecule has 9 heteroatoms. The monoisotopic (exact) mass is 460 g/mol. The van der Waals surface area contributed by atoms with Crippen molar-refractivity contribution in [2.45, 2.75) is 25.3 Å². The highest BCUT2D eigenvalue weighted by Crippen LogP contribution is 2.30. The molecule has 1 aliphatic rings. The van der Waals surface area contributed by atoms with Crippen LogP contribution in [0.4, 0.5) is 5.82 Å². The Hall–Kier alpha value is -1.61. The lowest BCUT2D eigenvalue weighted by molar-refractivity contribution is 0.231. The van der Waals surface area contributed by atoms with Gasteiger partial charge in [-0.3, -0.25) is 0 Å². The van der Waals surface area contributed by atoms with Gasteiger partial charge in [0.1, 0.15) is 5.82 Å². The molecule has 0 spiro atoms. The van der Waals surface area contributed by atoms with Crippen LogP contribution in [0.25, 0.3) is 16.9 Å². The fourth-order valence-corrected chi connectivity index (χ4v) is 4.19. The Balaban J connectivity index is 1.65. The van der Waals surface area contributed by atoms with Gasteiger partial charge in [0.25, 0.3) is 0 Å². The van der Waals surface area contributed by atoms with E-state index in [4.69, 9.17) is 21.2 Å². The number of piperidine rings is 1. The van der Waals surface area contributed by atoms with E-state index in [1.165, 1.54) is 12.8 Å². The molecule has 1 fully saturated rings. The summed E-state index contributed by atoms with van der Waals surface area (Å²) in [7, 11) is 3.52. The van der Waals surface area contributed by atoms with Crippen molar-refractivity contribution in [3.05, 3.63) is 46.0 Å². The second-order valence-corrected chi connectivity index (χ2v) is 8.11. The van der Waals surface area contributed by atoms with Crippen molar-refractivity contribution in [1.82, 2.24) is 19.4 Å². The van der Waals surface area contributed by atoms with E-state index in [0.717, 1.165) is 46.7 Å². The van der Waals surface area contributed by atoms with E-state index in [1.807, 2.05) is 42.5 Å². The van der Waals surface area contributed by atoms with Gasteiger partial charge in [0, 0.05) is 36.3 Å². The first-order valence-corrected chi connectivity index (χ1v) is 10.5. The summed E-state index contributed by atoms with van der Waals surface area (Å²) in [6.45, 7) is 1.81. The molecule has 0 saturated carbocycles. The van der Waals surface area contributed by atoms with Crippen LogP contribution in [0.3, 0.4) is 0 Å². The number of anilines is 1. The average molecular weight is 462 g/mol. The Morgan fingerprint density at radius 2 is 2.21 bits per heavy atom. The van der Waals surface area contributed by atoms with E-state index in [2.05, 4.69) is 31.2 Å². The molecule has 1 aromatic carbocycles. The van der Waals surface area contributed by atoms with Crippen molar-refractivity contribution in [3.8, 4) is 11.3 Å². The van der Waals surface area contributed by atoms with Gasteiger partial charge in [0.2, 0.25) is 0 Å². The van der Waals surface area contributed by atoms with Gasteiger partial charge in [0.05, 0.1) is 16.4 Å². The first kappa shape index (κ1) is 19.7. The molecule has 1 unspecified atom stereocenters. The molecule has 2 aromatic heterocycles. The Kier molecular flexibility index (Phi) is 6.21. The fraction of sp³-hybridized carbons (Fsp3) is 0.368. The number of halogens is 2. The summed E-state index contributed by atoms with van der Waals surface area (Å²) in [5.41, 5.74) is 2.46. The number of nitrogens with one attached hydrogen (secondary N) is 1. The summed E-state index contributed by atoms with van der Waals surface area (Å²) in [4.78, 5) is 7.02. The van der Waals surface area contributed by atoms with Crippen LogP contribution in [0.5, 0.6) is 0 Å². The van der Waals surface area contributed by atoms with E-state index < -0.39 is 0 Å². The smallest absolute Gasteiger partial charge is 0.398 e. The van der Waals surface area contributed by atoms with Gasteiger partial charge in [-0.05, 0) is 41.4 Å². The van der Waals surface area contributed by atoms with Crippen molar-refractivity contribution < 1.29 is 4.65 Å². The molecule has 1 radical (unpaired) electrons. The topological polar surface area (TPSA) is 54.7 Å². The number of hydrogen-bond acceptors (Lipinski definition) is 5.